The van der Waals surface area contributed by atoms with Crippen LogP contribution in [0.4, 0.5) is 5.69 Å². The molecule has 10 heteroatoms. The maximum absolute atomic E-state index is 14.0. The van der Waals surface area contributed by atoms with E-state index in [4.69, 9.17) is 23.2 Å². The lowest BCUT2D eigenvalue weighted by Crippen LogP contribution is -2.53. The van der Waals surface area contributed by atoms with Crippen molar-refractivity contribution in [2.24, 2.45) is 0 Å². The number of hydrogen-bond donors (Lipinski definition) is 1. The van der Waals surface area contributed by atoms with Crippen LogP contribution in [0.1, 0.15) is 38.2 Å². The Bertz CT molecular complexity index is 1420. The number of sulfonamides is 1. The van der Waals surface area contributed by atoms with Crippen LogP contribution in [0.25, 0.3) is 0 Å². The molecule has 212 valence electrons. The first kappa shape index (κ1) is 29.9. The molecule has 1 fully saturated rings. The number of carbonyl (C=O) groups excluding carboxylic acids is 2. The highest BCUT2D eigenvalue weighted by molar-refractivity contribution is 7.92. The van der Waals surface area contributed by atoms with Gasteiger partial charge in [0.05, 0.1) is 20.6 Å². The smallest absolute Gasteiger partial charge is 0.264 e. The first-order valence-electron chi connectivity index (χ1n) is 13.3. The highest BCUT2D eigenvalue weighted by Gasteiger charge is 2.34. The molecular weight excluding hydrogens is 569 g/mol. The monoisotopic (exact) mass is 601 g/mol. The number of nitrogens with zero attached hydrogens (tertiary/aromatic N) is 2. The van der Waals surface area contributed by atoms with E-state index in [1.807, 2.05) is 30.3 Å². The van der Waals surface area contributed by atoms with E-state index in [0.29, 0.717) is 6.42 Å². The predicted molar refractivity (Wildman–Crippen MR) is 159 cm³/mol. The van der Waals surface area contributed by atoms with Crippen molar-refractivity contribution < 1.29 is 18.0 Å². The summed E-state index contributed by atoms with van der Waals surface area (Å²) in [5.41, 5.74) is 1.08. The van der Waals surface area contributed by atoms with Gasteiger partial charge in [0.25, 0.3) is 10.0 Å². The quantitative estimate of drug-likeness (QED) is 0.305. The van der Waals surface area contributed by atoms with Gasteiger partial charge in [-0.3, -0.25) is 13.9 Å². The van der Waals surface area contributed by atoms with Gasteiger partial charge >= 0.3 is 0 Å². The van der Waals surface area contributed by atoms with Crippen LogP contribution in [-0.2, 0) is 26.0 Å². The minimum Gasteiger partial charge on any atom is -0.352 e. The van der Waals surface area contributed by atoms with Crippen molar-refractivity contribution in [2.75, 3.05) is 17.4 Å². The van der Waals surface area contributed by atoms with Gasteiger partial charge in [-0.2, -0.15) is 0 Å². The summed E-state index contributed by atoms with van der Waals surface area (Å²) < 4.78 is 28.7. The zero-order valence-electron chi connectivity index (χ0n) is 22.3. The van der Waals surface area contributed by atoms with E-state index in [2.05, 4.69) is 5.32 Å². The SMILES string of the molecule is CC(C(=O)NC1CCCC1)N(CCc1ccccc1)C(=O)CN(c1cccc(Cl)c1Cl)S(=O)(=O)c1ccccc1. The number of hydrogen-bond acceptors (Lipinski definition) is 4. The average molecular weight is 603 g/mol. The second kappa shape index (κ2) is 13.5. The molecule has 0 aliphatic heterocycles. The average Bonchev–Trinajstić information content (AvgIpc) is 3.47. The maximum Gasteiger partial charge on any atom is 0.264 e. The van der Waals surface area contributed by atoms with Gasteiger partial charge in [-0.25, -0.2) is 8.42 Å². The molecule has 40 heavy (non-hydrogen) atoms. The topological polar surface area (TPSA) is 86.8 Å². The number of rotatable bonds is 11. The van der Waals surface area contributed by atoms with Crippen molar-refractivity contribution in [3.05, 3.63) is 94.5 Å². The minimum absolute atomic E-state index is 0.00158. The van der Waals surface area contributed by atoms with Gasteiger partial charge in [0.15, 0.2) is 0 Å². The normalized spacial score (nSPS) is 14.5. The zero-order valence-corrected chi connectivity index (χ0v) is 24.6. The van der Waals surface area contributed by atoms with Crippen molar-refractivity contribution in [1.29, 1.82) is 0 Å². The zero-order chi connectivity index (χ0) is 28.7. The molecular formula is C30H33Cl2N3O4S. The third-order valence-electron chi connectivity index (χ3n) is 7.16. The lowest BCUT2D eigenvalue weighted by molar-refractivity contribution is -0.139. The Morgan fingerprint density at radius 1 is 0.925 bits per heavy atom. The lowest BCUT2D eigenvalue weighted by Gasteiger charge is -2.32. The van der Waals surface area contributed by atoms with Crippen molar-refractivity contribution in [2.45, 2.75) is 56.0 Å². The van der Waals surface area contributed by atoms with Gasteiger partial charge in [0, 0.05) is 12.6 Å². The van der Waals surface area contributed by atoms with Gasteiger partial charge in [-0.15, -0.1) is 0 Å². The number of benzene rings is 3. The van der Waals surface area contributed by atoms with E-state index in [1.54, 1.807) is 37.3 Å². The second-order valence-electron chi connectivity index (χ2n) is 9.89. The number of amides is 2. The van der Waals surface area contributed by atoms with E-state index in [9.17, 15) is 18.0 Å². The molecule has 7 nitrogen and oxygen atoms in total. The molecule has 3 aromatic carbocycles. The van der Waals surface area contributed by atoms with Crippen LogP contribution in [0, 0.1) is 0 Å². The van der Waals surface area contributed by atoms with Crippen LogP contribution in [-0.4, -0.2) is 50.3 Å². The summed E-state index contributed by atoms with van der Waals surface area (Å²) in [6.45, 7) is 1.34. The standard InChI is InChI=1S/C30H33Cl2N3O4S/c1-22(30(37)33-24-13-8-9-14-24)34(20-19-23-11-4-2-5-12-23)28(36)21-35(27-18-10-17-26(31)29(27)32)40(38,39)25-15-6-3-7-16-25/h2-7,10-12,15-18,22,24H,8-9,13-14,19-21H2,1H3,(H,33,37). The van der Waals surface area contributed by atoms with Crippen LogP contribution < -0.4 is 9.62 Å². The highest BCUT2D eigenvalue weighted by Crippen LogP contribution is 2.35. The van der Waals surface area contributed by atoms with Gasteiger partial charge in [0.1, 0.15) is 12.6 Å². The molecule has 1 atom stereocenters. The fourth-order valence-electron chi connectivity index (χ4n) is 4.88. The van der Waals surface area contributed by atoms with Gasteiger partial charge in [-0.1, -0.05) is 90.6 Å². The molecule has 0 spiro atoms. The summed E-state index contributed by atoms with van der Waals surface area (Å²) in [5.74, 6) is -0.785. The molecule has 1 aliphatic carbocycles. The molecule has 0 bridgehead atoms. The summed E-state index contributed by atoms with van der Waals surface area (Å²) in [5, 5.41) is 3.24. The Morgan fingerprint density at radius 3 is 2.20 bits per heavy atom. The molecule has 4 rings (SSSR count). The third-order valence-corrected chi connectivity index (χ3v) is 9.75. The van der Waals surface area contributed by atoms with E-state index < -0.39 is 28.5 Å². The molecule has 2 amide bonds. The van der Waals surface area contributed by atoms with Crippen molar-refractivity contribution in [3.63, 3.8) is 0 Å². The van der Waals surface area contributed by atoms with Crippen molar-refractivity contribution in [1.82, 2.24) is 10.2 Å². The summed E-state index contributed by atoms with van der Waals surface area (Å²) in [6.07, 6.45) is 4.43. The van der Waals surface area contributed by atoms with Crippen molar-refractivity contribution in [3.8, 4) is 0 Å². The molecule has 1 saturated carbocycles. The first-order chi connectivity index (χ1) is 19.2. The first-order valence-corrected chi connectivity index (χ1v) is 15.5. The van der Waals surface area contributed by atoms with E-state index in [1.165, 1.54) is 23.1 Å². The molecule has 3 aromatic rings. The fraction of sp³-hybridized carbons (Fsp3) is 0.333. The largest absolute Gasteiger partial charge is 0.352 e. The Kier molecular flexibility index (Phi) is 10.1. The Balaban J connectivity index is 1.66. The summed E-state index contributed by atoms with van der Waals surface area (Å²) in [4.78, 5) is 28.7. The molecule has 1 unspecified atom stereocenters. The molecule has 0 heterocycles. The summed E-state index contributed by atoms with van der Waals surface area (Å²) in [7, 11) is -4.21. The molecule has 0 saturated heterocycles. The lowest BCUT2D eigenvalue weighted by atomic mass is 10.1. The molecule has 0 aromatic heterocycles. The van der Waals surface area contributed by atoms with Gasteiger partial charge < -0.3 is 10.2 Å². The molecule has 1 N–H and O–H groups in total. The second-order valence-corrected chi connectivity index (χ2v) is 12.5. The number of anilines is 1. The van der Waals surface area contributed by atoms with Crippen LogP contribution in [0.15, 0.2) is 83.8 Å². The van der Waals surface area contributed by atoms with E-state index >= 15 is 0 Å². The van der Waals surface area contributed by atoms with Crippen LogP contribution in [0.2, 0.25) is 10.0 Å². The fourth-order valence-corrected chi connectivity index (χ4v) is 6.77. The summed E-state index contributed by atoms with van der Waals surface area (Å²) in [6, 6.07) is 21.3. The minimum atomic E-state index is -4.21. The maximum atomic E-state index is 14.0. The van der Waals surface area contributed by atoms with Gasteiger partial charge in [-0.05, 0) is 56.0 Å². The van der Waals surface area contributed by atoms with Crippen LogP contribution in [0.5, 0.6) is 0 Å². The molecule has 1 aliphatic rings. The van der Waals surface area contributed by atoms with Crippen molar-refractivity contribution >= 4 is 50.7 Å². The Morgan fingerprint density at radius 2 is 1.55 bits per heavy atom. The molecule has 0 radical (unpaired) electrons. The number of nitrogens with one attached hydrogen (secondary N) is 1. The third kappa shape index (κ3) is 7.16. The highest BCUT2D eigenvalue weighted by atomic mass is 35.5. The van der Waals surface area contributed by atoms with E-state index in [-0.39, 0.29) is 39.1 Å². The van der Waals surface area contributed by atoms with Crippen LogP contribution >= 0.6 is 23.2 Å². The Labute approximate surface area is 246 Å². The van der Waals surface area contributed by atoms with Crippen LogP contribution in [0.3, 0.4) is 0 Å². The van der Waals surface area contributed by atoms with E-state index in [0.717, 1.165) is 35.6 Å². The summed E-state index contributed by atoms with van der Waals surface area (Å²) >= 11 is 12.7. The number of halogens is 2. The van der Waals surface area contributed by atoms with Gasteiger partial charge in [0.2, 0.25) is 11.8 Å². The Hall–Kier alpha value is -3.07. The number of carbonyl (C=O) groups is 2. The predicted octanol–water partition coefficient (Wildman–Crippen LogP) is 5.71.